The number of thioether (sulfide) groups is 2. The van der Waals surface area contributed by atoms with Crippen LogP contribution >= 0.6 is 23.5 Å². The average molecular weight is 409 g/mol. The number of aliphatic carboxylic acids is 1. The molecule has 1 aromatic carbocycles. The molecule has 2 fully saturated rings. The molecule has 2 heterocycles. The Morgan fingerprint density at radius 2 is 1.63 bits per heavy atom. The van der Waals surface area contributed by atoms with E-state index in [1.54, 1.807) is 0 Å². The highest BCUT2D eigenvalue weighted by atomic mass is 32.2. The zero-order valence-electron chi connectivity index (χ0n) is 16.1. The van der Waals surface area contributed by atoms with Gasteiger partial charge in [0, 0.05) is 12.2 Å². The number of hydrogen-bond donors (Lipinski definition) is 1. The molecule has 2 aliphatic heterocycles. The molecule has 2 bridgehead atoms. The van der Waals surface area contributed by atoms with Crippen molar-refractivity contribution in [3.8, 4) is 0 Å². The van der Waals surface area contributed by atoms with Crippen LogP contribution in [-0.2, 0) is 15.3 Å². The molecule has 1 aromatic rings. The second kappa shape index (κ2) is 11.4. The molecule has 0 saturated carbocycles. The maximum Gasteiger partial charge on any atom is 0.303 e. The van der Waals surface area contributed by atoms with Gasteiger partial charge in [-0.3, -0.25) is 4.79 Å². The Labute approximate surface area is 172 Å². The fourth-order valence-electron chi connectivity index (χ4n) is 4.46. The summed E-state index contributed by atoms with van der Waals surface area (Å²) in [6.45, 7) is 0. The van der Waals surface area contributed by atoms with Crippen molar-refractivity contribution in [2.45, 2.75) is 62.9 Å². The molecule has 2 aliphatic rings. The Balaban J connectivity index is 1.32. The molecule has 5 heteroatoms. The van der Waals surface area contributed by atoms with Gasteiger partial charge in [0.2, 0.25) is 0 Å². The van der Waals surface area contributed by atoms with Gasteiger partial charge in [0.25, 0.3) is 0 Å². The molecule has 0 amide bonds. The van der Waals surface area contributed by atoms with Gasteiger partial charge < -0.3 is 9.84 Å². The van der Waals surface area contributed by atoms with Crippen molar-refractivity contribution in [2.24, 2.45) is 11.8 Å². The second-order valence-corrected chi connectivity index (χ2v) is 10.0. The molecule has 4 atom stereocenters. The number of unbranched alkanes of at least 4 members (excludes halogenated alkanes) is 1. The van der Waals surface area contributed by atoms with E-state index in [-0.39, 0.29) is 0 Å². The van der Waals surface area contributed by atoms with E-state index in [0.717, 1.165) is 36.2 Å². The predicted molar refractivity (Wildman–Crippen MR) is 116 cm³/mol. The molecule has 4 unspecified atom stereocenters. The van der Waals surface area contributed by atoms with Crippen LogP contribution in [0.1, 0.15) is 50.5 Å². The standard InChI is InChI=1S/C22H32O3S2/c23-22(24)8-4-5-13-26-14-11-18-19(21-10-9-20(18)25-21)12-15-27-16-17-6-2-1-3-7-17/h1-3,6-7,18-21H,4-5,8-16H2,(H,23,24). The predicted octanol–water partition coefficient (Wildman–Crippen LogP) is 5.48. The first-order valence-electron chi connectivity index (χ1n) is 10.3. The maximum absolute atomic E-state index is 10.5. The third-order valence-corrected chi connectivity index (χ3v) is 7.99. The highest BCUT2D eigenvalue weighted by Crippen LogP contribution is 2.47. The molecule has 3 rings (SSSR count). The number of benzene rings is 1. The summed E-state index contributed by atoms with van der Waals surface area (Å²) in [6.07, 6.45) is 8.22. The molecule has 1 N–H and O–H groups in total. The summed E-state index contributed by atoms with van der Waals surface area (Å²) < 4.78 is 6.25. The molecular formula is C22H32O3S2. The van der Waals surface area contributed by atoms with E-state index in [2.05, 4.69) is 42.1 Å². The van der Waals surface area contributed by atoms with Gasteiger partial charge in [-0.05, 0) is 73.2 Å². The van der Waals surface area contributed by atoms with Gasteiger partial charge in [-0.1, -0.05) is 30.3 Å². The van der Waals surface area contributed by atoms with E-state index >= 15 is 0 Å². The minimum Gasteiger partial charge on any atom is -0.481 e. The number of ether oxygens (including phenoxy) is 1. The molecule has 27 heavy (non-hydrogen) atoms. The summed E-state index contributed by atoms with van der Waals surface area (Å²) in [4.78, 5) is 10.5. The fraction of sp³-hybridized carbons (Fsp3) is 0.682. The van der Waals surface area contributed by atoms with E-state index < -0.39 is 5.97 Å². The lowest BCUT2D eigenvalue weighted by atomic mass is 9.76. The molecular weight excluding hydrogens is 376 g/mol. The Hall–Kier alpha value is -0.650. The topological polar surface area (TPSA) is 46.5 Å². The van der Waals surface area contributed by atoms with Gasteiger partial charge in [-0.25, -0.2) is 0 Å². The number of rotatable bonds is 13. The zero-order valence-corrected chi connectivity index (χ0v) is 17.7. The van der Waals surface area contributed by atoms with Crippen molar-refractivity contribution >= 4 is 29.5 Å². The van der Waals surface area contributed by atoms with Crippen LogP contribution in [-0.4, -0.2) is 40.5 Å². The Morgan fingerprint density at radius 1 is 0.963 bits per heavy atom. The number of carbonyl (C=O) groups is 1. The molecule has 150 valence electrons. The van der Waals surface area contributed by atoms with Crippen molar-refractivity contribution in [3.05, 3.63) is 35.9 Å². The summed E-state index contributed by atoms with van der Waals surface area (Å²) in [6, 6.07) is 10.7. The van der Waals surface area contributed by atoms with Crippen LogP contribution in [0.3, 0.4) is 0 Å². The van der Waals surface area contributed by atoms with E-state index in [9.17, 15) is 4.79 Å². The quantitative estimate of drug-likeness (QED) is 0.438. The molecule has 0 aromatic heterocycles. The van der Waals surface area contributed by atoms with Crippen molar-refractivity contribution in [3.63, 3.8) is 0 Å². The first-order chi connectivity index (χ1) is 13.2. The first kappa shape index (κ1) is 21.1. The van der Waals surface area contributed by atoms with Gasteiger partial charge >= 0.3 is 5.97 Å². The summed E-state index contributed by atoms with van der Waals surface area (Å²) in [5.41, 5.74) is 1.42. The Morgan fingerprint density at radius 3 is 2.30 bits per heavy atom. The highest BCUT2D eigenvalue weighted by molar-refractivity contribution is 7.99. The van der Waals surface area contributed by atoms with Crippen LogP contribution < -0.4 is 0 Å². The first-order valence-corrected chi connectivity index (χ1v) is 12.6. The second-order valence-electron chi connectivity index (χ2n) is 7.70. The highest BCUT2D eigenvalue weighted by Gasteiger charge is 2.47. The van der Waals surface area contributed by atoms with E-state index in [4.69, 9.17) is 9.84 Å². The summed E-state index contributed by atoms with van der Waals surface area (Å²) in [5.74, 6) is 5.44. The van der Waals surface area contributed by atoms with Crippen molar-refractivity contribution < 1.29 is 14.6 Å². The molecule has 2 saturated heterocycles. The minimum absolute atomic E-state index is 0.309. The van der Waals surface area contributed by atoms with Crippen molar-refractivity contribution in [1.82, 2.24) is 0 Å². The van der Waals surface area contributed by atoms with Gasteiger partial charge in [0.1, 0.15) is 0 Å². The van der Waals surface area contributed by atoms with Gasteiger partial charge in [0.15, 0.2) is 0 Å². The van der Waals surface area contributed by atoms with Crippen LogP contribution in [0.4, 0.5) is 0 Å². The summed E-state index contributed by atoms with van der Waals surface area (Å²) >= 11 is 4.05. The largest absolute Gasteiger partial charge is 0.481 e. The SMILES string of the molecule is O=C(O)CCCCSCCC1C2CCC(O2)C1CCSCc1ccccc1. The monoisotopic (exact) mass is 408 g/mol. The van der Waals surface area contributed by atoms with Crippen LogP contribution in [0.2, 0.25) is 0 Å². The Bertz CT molecular complexity index is 566. The van der Waals surface area contributed by atoms with E-state index in [1.165, 1.54) is 42.8 Å². The molecule has 3 nitrogen and oxygen atoms in total. The van der Waals surface area contributed by atoms with Gasteiger partial charge in [0.05, 0.1) is 12.2 Å². The van der Waals surface area contributed by atoms with Crippen LogP contribution in [0.15, 0.2) is 30.3 Å². The average Bonchev–Trinajstić information content (AvgIpc) is 3.27. The lowest BCUT2D eigenvalue weighted by Gasteiger charge is -2.28. The van der Waals surface area contributed by atoms with Crippen LogP contribution in [0.5, 0.6) is 0 Å². The van der Waals surface area contributed by atoms with Crippen molar-refractivity contribution in [1.29, 1.82) is 0 Å². The molecule has 0 radical (unpaired) electrons. The Kier molecular flexibility index (Phi) is 8.88. The lowest BCUT2D eigenvalue weighted by molar-refractivity contribution is -0.137. The van der Waals surface area contributed by atoms with Crippen LogP contribution in [0.25, 0.3) is 0 Å². The third kappa shape index (κ3) is 6.72. The van der Waals surface area contributed by atoms with E-state index in [1.807, 2.05) is 11.8 Å². The summed E-state index contributed by atoms with van der Waals surface area (Å²) in [5, 5.41) is 8.68. The number of carboxylic acids is 1. The van der Waals surface area contributed by atoms with Gasteiger partial charge in [-0.15, -0.1) is 0 Å². The molecule has 0 spiro atoms. The zero-order chi connectivity index (χ0) is 18.9. The summed E-state index contributed by atoms with van der Waals surface area (Å²) in [7, 11) is 0. The van der Waals surface area contributed by atoms with E-state index in [0.29, 0.717) is 18.6 Å². The number of fused-ring (bicyclic) bond motifs is 2. The fourth-order valence-corrected chi connectivity index (χ4v) is 6.52. The minimum atomic E-state index is -0.674. The van der Waals surface area contributed by atoms with Crippen molar-refractivity contribution in [2.75, 3.05) is 17.3 Å². The van der Waals surface area contributed by atoms with Gasteiger partial charge in [-0.2, -0.15) is 23.5 Å². The van der Waals surface area contributed by atoms with Crippen LogP contribution in [0, 0.1) is 11.8 Å². The number of hydrogen-bond acceptors (Lipinski definition) is 4. The number of carboxylic acid groups (broad SMARTS) is 1. The maximum atomic E-state index is 10.5. The molecule has 0 aliphatic carbocycles. The lowest BCUT2D eigenvalue weighted by Crippen LogP contribution is -2.28. The smallest absolute Gasteiger partial charge is 0.303 e. The third-order valence-electron chi connectivity index (χ3n) is 5.82. The normalized spacial score (nSPS) is 26.5.